The second-order valence-corrected chi connectivity index (χ2v) is 11.0. The molecule has 0 unspecified atom stereocenters. The average Bonchev–Trinajstić information content (AvgIpc) is 2.60. The maximum absolute atomic E-state index is 6.40. The van der Waals surface area contributed by atoms with E-state index in [-0.39, 0.29) is 16.2 Å². The molecule has 0 radical (unpaired) electrons. The molecule has 164 valence electrons. The van der Waals surface area contributed by atoms with Gasteiger partial charge in [-0.15, -0.1) is 0 Å². The van der Waals surface area contributed by atoms with Crippen LogP contribution in [-0.4, -0.2) is 75.1 Å². The zero-order chi connectivity index (χ0) is 20.1. The molecular formula is C20H38O7Si. The molecular weight excluding hydrogens is 380 g/mol. The van der Waals surface area contributed by atoms with Crippen LogP contribution < -0.4 is 0 Å². The van der Waals surface area contributed by atoms with Crippen molar-refractivity contribution in [1.29, 1.82) is 0 Å². The Kier molecular flexibility index (Phi) is 7.58. The van der Waals surface area contributed by atoms with Gasteiger partial charge >= 0.3 is 9.05 Å². The quantitative estimate of drug-likeness (QED) is 0.402. The van der Waals surface area contributed by atoms with E-state index in [0.29, 0.717) is 26.4 Å². The van der Waals surface area contributed by atoms with E-state index in [2.05, 4.69) is 20.8 Å². The fourth-order valence-corrected chi connectivity index (χ4v) is 5.79. The van der Waals surface area contributed by atoms with Crippen LogP contribution in [0.2, 0.25) is 0 Å². The van der Waals surface area contributed by atoms with E-state index >= 15 is 0 Å². The van der Waals surface area contributed by atoms with E-state index < -0.39 is 9.05 Å². The van der Waals surface area contributed by atoms with Gasteiger partial charge in [0.15, 0.2) is 0 Å². The van der Waals surface area contributed by atoms with Crippen LogP contribution in [0.3, 0.4) is 0 Å². The Morgan fingerprint density at radius 2 is 0.893 bits per heavy atom. The minimum atomic E-state index is -3.29. The molecule has 3 aliphatic rings. The van der Waals surface area contributed by atoms with Gasteiger partial charge in [0.1, 0.15) is 0 Å². The number of hydrogen-bond donors (Lipinski definition) is 0. The summed E-state index contributed by atoms with van der Waals surface area (Å²) >= 11 is 0. The van der Waals surface area contributed by atoms with Gasteiger partial charge in [-0.05, 0) is 26.2 Å². The van der Waals surface area contributed by atoms with Gasteiger partial charge in [0, 0.05) is 22.9 Å². The highest BCUT2D eigenvalue weighted by Crippen LogP contribution is 2.37. The van der Waals surface area contributed by atoms with Gasteiger partial charge in [-0.3, -0.25) is 0 Å². The lowest BCUT2D eigenvalue weighted by Gasteiger charge is -2.46. The largest absolute Gasteiger partial charge is 0.679 e. The third-order valence-electron chi connectivity index (χ3n) is 6.69. The zero-order valence-electron chi connectivity index (χ0n) is 18.1. The summed E-state index contributed by atoms with van der Waals surface area (Å²) in [6, 6.07) is 0. The number of rotatable bonds is 14. The second kappa shape index (κ2) is 9.39. The minimum Gasteiger partial charge on any atom is -0.380 e. The normalized spacial score (nSPS) is 24.9. The number of ether oxygens (including phenoxy) is 3. The van der Waals surface area contributed by atoms with E-state index in [1.807, 2.05) is 6.92 Å². The first kappa shape index (κ1) is 22.6. The molecule has 3 fully saturated rings. The molecule has 0 aliphatic carbocycles. The van der Waals surface area contributed by atoms with Crippen molar-refractivity contribution in [3.05, 3.63) is 0 Å². The summed E-state index contributed by atoms with van der Waals surface area (Å²) in [6.45, 7) is 14.9. The summed E-state index contributed by atoms with van der Waals surface area (Å²) in [5, 5.41) is 0. The maximum atomic E-state index is 6.40. The lowest BCUT2D eigenvalue weighted by Crippen LogP contribution is -2.59. The molecule has 0 N–H and O–H groups in total. The van der Waals surface area contributed by atoms with Crippen molar-refractivity contribution < 1.29 is 31.9 Å². The van der Waals surface area contributed by atoms with Crippen LogP contribution in [0.5, 0.6) is 0 Å². The molecule has 0 atom stereocenters. The van der Waals surface area contributed by atoms with Crippen molar-refractivity contribution in [3.63, 3.8) is 0 Å². The fraction of sp³-hybridized carbons (Fsp3) is 1.00. The summed E-state index contributed by atoms with van der Waals surface area (Å²) < 4.78 is 41.6. The van der Waals surface area contributed by atoms with E-state index in [1.54, 1.807) is 0 Å². The van der Waals surface area contributed by atoms with Crippen LogP contribution in [0.15, 0.2) is 0 Å². The van der Waals surface area contributed by atoms with Crippen molar-refractivity contribution in [1.82, 2.24) is 0 Å². The zero-order valence-corrected chi connectivity index (χ0v) is 19.1. The summed E-state index contributed by atoms with van der Waals surface area (Å²) in [5.74, 6) is 0. The fourth-order valence-electron chi connectivity index (χ4n) is 3.49. The first-order valence-electron chi connectivity index (χ1n) is 10.8. The number of hydrogen-bond acceptors (Lipinski definition) is 7. The third-order valence-corrected chi connectivity index (χ3v) is 8.82. The average molecular weight is 419 g/mol. The Morgan fingerprint density at radius 1 is 0.571 bits per heavy atom. The highest BCUT2D eigenvalue weighted by atomic mass is 28.4. The van der Waals surface area contributed by atoms with Gasteiger partial charge in [-0.2, -0.15) is 0 Å². The van der Waals surface area contributed by atoms with Crippen LogP contribution in [0.4, 0.5) is 0 Å². The summed E-state index contributed by atoms with van der Waals surface area (Å²) in [4.78, 5) is 0. The highest BCUT2D eigenvalue weighted by molar-refractivity contribution is 6.53. The Labute approximate surface area is 170 Å². The van der Waals surface area contributed by atoms with Gasteiger partial charge in [0.25, 0.3) is 0 Å². The van der Waals surface area contributed by atoms with Crippen LogP contribution >= 0.6 is 0 Å². The molecule has 3 heterocycles. The van der Waals surface area contributed by atoms with E-state index in [9.17, 15) is 0 Å². The van der Waals surface area contributed by atoms with Crippen molar-refractivity contribution in [2.45, 2.75) is 47.0 Å². The predicted molar refractivity (Wildman–Crippen MR) is 106 cm³/mol. The van der Waals surface area contributed by atoms with Crippen LogP contribution in [0.25, 0.3) is 0 Å². The monoisotopic (exact) mass is 418 g/mol. The Bertz CT molecular complexity index is 408. The SMILES string of the molecule is CCO[Si](OCC1(CC)COC1)(OCC1(CC)COC1)OCC1(CC)COC1. The molecule has 3 aliphatic heterocycles. The smallest absolute Gasteiger partial charge is 0.380 e. The van der Waals surface area contributed by atoms with E-state index in [1.165, 1.54) is 0 Å². The molecule has 7 nitrogen and oxygen atoms in total. The van der Waals surface area contributed by atoms with Gasteiger partial charge < -0.3 is 31.9 Å². The van der Waals surface area contributed by atoms with Crippen LogP contribution in [0, 0.1) is 16.2 Å². The van der Waals surface area contributed by atoms with Crippen molar-refractivity contribution in [3.8, 4) is 0 Å². The van der Waals surface area contributed by atoms with Crippen LogP contribution in [0.1, 0.15) is 47.0 Å². The summed E-state index contributed by atoms with van der Waals surface area (Å²) in [7, 11) is -3.29. The predicted octanol–water partition coefficient (Wildman–Crippen LogP) is 2.79. The van der Waals surface area contributed by atoms with Gasteiger partial charge in [0.2, 0.25) is 0 Å². The van der Waals surface area contributed by atoms with Crippen molar-refractivity contribution >= 4 is 9.05 Å². The lowest BCUT2D eigenvalue weighted by atomic mass is 9.84. The van der Waals surface area contributed by atoms with Gasteiger partial charge in [-0.1, -0.05) is 20.8 Å². The second-order valence-electron chi connectivity index (χ2n) is 8.84. The molecule has 0 saturated carbocycles. The Morgan fingerprint density at radius 3 is 1.07 bits per heavy atom. The standard InChI is InChI=1S/C20H38O7Si/c1-5-18(9-21-10-18)15-25-28(24-8-4,26-16-19(6-2)11-22-12-19)27-17-20(7-3)13-23-14-20/h5-17H2,1-4H3. The summed E-state index contributed by atoms with van der Waals surface area (Å²) in [5.41, 5.74) is 0.143. The Hall–Kier alpha value is -0.0631. The molecule has 0 amide bonds. The molecule has 0 aromatic rings. The molecule has 3 rings (SSSR count). The van der Waals surface area contributed by atoms with Gasteiger partial charge in [-0.25, -0.2) is 0 Å². The summed E-state index contributed by atoms with van der Waals surface area (Å²) in [6.07, 6.45) is 3.01. The molecule has 0 spiro atoms. The Balaban J connectivity index is 1.68. The molecule has 3 saturated heterocycles. The molecule has 28 heavy (non-hydrogen) atoms. The molecule has 0 aromatic carbocycles. The van der Waals surface area contributed by atoms with E-state index in [0.717, 1.165) is 58.9 Å². The first-order valence-corrected chi connectivity index (χ1v) is 12.4. The van der Waals surface area contributed by atoms with Crippen molar-refractivity contribution in [2.24, 2.45) is 16.2 Å². The van der Waals surface area contributed by atoms with Gasteiger partial charge in [0.05, 0.1) is 59.5 Å². The third kappa shape index (κ3) is 4.80. The maximum Gasteiger partial charge on any atom is 0.679 e. The van der Waals surface area contributed by atoms with E-state index in [4.69, 9.17) is 31.9 Å². The highest BCUT2D eigenvalue weighted by Gasteiger charge is 2.53. The molecule has 0 aromatic heterocycles. The van der Waals surface area contributed by atoms with Crippen molar-refractivity contribution in [2.75, 3.05) is 66.1 Å². The minimum absolute atomic E-state index is 0.0477. The van der Waals surface area contributed by atoms with Crippen LogP contribution in [-0.2, 0) is 31.9 Å². The molecule has 8 heteroatoms. The first-order chi connectivity index (χ1) is 13.5. The lowest BCUT2D eigenvalue weighted by molar-refractivity contribution is -0.184. The topological polar surface area (TPSA) is 64.6 Å². The molecule has 0 bridgehead atoms.